The Labute approximate surface area is 199 Å². The Morgan fingerprint density at radius 1 is 1.20 bits per heavy atom. The average Bonchev–Trinajstić information content (AvgIpc) is 2.72. The minimum atomic E-state index is 0. The van der Waals surface area contributed by atoms with Crippen LogP contribution in [0.15, 0.2) is 29.3 Å². The molecule has 7 heteroatoms. The summed E-state index contributed by atoms with van der Waals surface area (Å²) in [5, 5.41) is 9.96. The number of piperidine rings is 1. The van der Waals surface area contributed by atoms with Gasteiger partial charge >= 0.3 is 0 Å². The van der Waals surface area contributed by atoms with Crippen molar-refractivity contribution in [1.29, 1.82) is 0 Å². The van der Waals surface area contributed by atoms with E-state index in [9.17, 15) is 4.79 Å². The lowest BCUT2D eigenvalue weighted by molar-refractivity contribution is -0.119. The largest absolute Gasteiger partial charge is 0.357 e. The maximum Gasteiger partial charge on any atom is 0.227 e. The second-order valence-electron chi connectivity index (χ2n) is 8.24. The zero-order valence-corrected chi connectivity index (χ0v) is 21.5. The zero-order chi connectivity index (χ0) is 21.2. The van der Waals surface area contributed by atoms with Crippen LogP contribution in [0.1, 0.15) is 59.4 Å². The number of aliphatic imine (C=N–C) groups is 1. The Kier molecular flexibility index (Phi) is 12.3. The molecule has 0 aromatic heterocycles. The molecule has 2 rings (SSSR count). The minimum absolute atomic E-state index is 0. The van der Waals surface area contributed by atoms with Gasteiger partial charge in [-0.05, 0) is 57.7 Å². The van der Waals surface area contributed by atoms with Gasteiger partial charge in [-0.2, -0.15) is 0 Å². The highest BCUT2D eigenvalue weighted by atomic mass is 127. The van der Waals surface area contributed by atoms with Crippen LogP contribution in [0, 0.1) is 5.92 Å². The number of nitrogens with zero attached hydrogens (tertiary/aromatic N) is 2. The van der Waals surface area contributed by atoms with E-state index in [4.69, 9.17) is 4.99 Å². The molecule has 1 aliphatic rings. The van der Waals surface area contributed by atoms with Gasteiger partial charge in [-0.25, -0.2) is 4.99 Å². The normalized spacial score (nSPS) is 16.7. The Morgan fingerprint density at radius 2 is 1.90 bits per heavy atom. The number of guanidine groups is 1. The van der Waals surface area contributed by atoms with Crippen molar-refractivity contribution in [3.8, 4) is 0 Å². The first-order valence-corrected chi connectivity index (χ1v) is 11.1. The topological polar surface area (TPSA) is 68.8 Å². The van der Waals surface area contributed by atoms with Crippen LogP contribution < -0.4 is 16.0 Å². The number of nitrogens with one attached hydrogen (secondary N) is 3. The number of anilines is 1. The summed E-state index contributed by atoms with van der Waals surface area (Å²) in [6.45, 7) is 14.3. The molecule has 30 heavy (non-hydrogen) atoms. The number of carbonyl (C=O) groups is 1. The lowest BCUT2D eigenvalue weighted by Crippen LogP contribution is -2.49. The molecular weight excluding hydrogens is 489 g/mol. The molecule has 1 amide bonds. The van der Waals surface area contributed by atoms with Gasteiger partial charge < -0.3 is 20.9 Å². The molecule has 0 spiro atoms. The third kappa shape index (κ3) is 8.79. The summed E-state index contributed by atoms with van der Waals surface area (Å²) in [6.07, 6.45) is 3.11. The van der Waals surface area contributed by atoms with Crippen molar-refractivity contribution in [2.24, 2.45) is 10.9 Å². The van der Waals surface area contributed by atoms with Gasteiger partial charge in [-0.3, -0.25) is 4.79 Å². The predicted octanol–water partition coefficient (Wildman–Crippen LogP) is 4.22. The molecule has 1 fully saturated rings. The average molecular weight is 530 g/mol. The first-order chi connectivity index (χ1) is 13.9. The van der Waals surface area contributed by atoms with Gasteiger partial charge in [-0.15, -0.1) is 24.0 Å². The first-order valence-electron chi connectivity index (χ1n) is 11.1. The Morgan fingerprint density at radius 3 is 2.50 bits per heavy atom. The van der Waals surface area contributed by atoms with Gasteiger partial charge in [0.15, 0.2) is 5.96 Å². The Balaban J connectivity index is 0.00000450. The van der Waals surface area contributed by atoms with E-state index in [0.29, 0.717) is 18.6 Å². The number of benzene rings is 1. The van der Waals surface area contributed by atoms with Gasteiger partial charge in [0.05, 0.1) is 6.54 Å². The second-order valence-corrected chi connectivity index (χ2v) is 8.24. The van der Waals surface area contributed by atoms with E-state index in [0.717, 1.165) is 56.1 Å². The standard InChI is InChI=1S/C23H39N5O.HI/c1-6-18(5)22(29)26-21-10-8-9-19(15-21)16-25-23(24-7-2)27-20-11-13-28(14-12-20)17(3)4;/h8-10,15,17-18,20H,6-7,11-14,16H2,1-5H3,(H,26,29)(H2,24,25,27);1H. The molecule has 3 N–H and O–H groups in total. The maximum absolute atomic E-state index is 12.1. The summed E-state index contributed by atoms with van der Waals surface area (Å²) in [5.41, 5.74) is 1.92. The van der Waals surface area contributed by atoms with E-state index in [-0.39, 0.29) is 35.8 Å². The van der Waals surface area contributed by atoms with Crippen molar-refractivity contribution in [2.45, 2.75) is 72.5 Å². The third-order valence-corrected chi connectivity index (χ3v) is 5.62. The van der Waals surface area contributed by atoms with Crippen LogP contribution in [0.3, 0.4) is 0 Å². The minimum Gasteiger partial charge on any atom is -0.357 e. The highest BCUT2D eigenvalue weighted by molar-refractivity contribution is 14.0. The van der Waals surface area contributed by atoms with E-state index < -0.39 is 0 Å². The number of likely N-dealkylation sites (tertiary alicyclic amines) is 1. The number of amides is 1. The SMILES string of the molecule is CCNC(=NCc1cccc(NC(=O)C(C)CC)c1)NC1CCN(C(C)C)CC1.I. The molecule has 0 bridgehead atoms. The number of halogens is 1. The van der Waals surface area contributed by atoms with Gasteiger partial charge in [0.2, 0.25) is 5.91 Å². The van der Waals surface area contributed by atoms with Crippen LogP contribution in [0.2, 0.25) is 0 Å². The number of hydrogen-bond acceptors (Lipinski definition) is 3. The van der Waals surface area contributed by atoms with Crippen molar-refractivity contribution in [3.63, 3.8) is 0 Å². The van der Waals surface area contributed by atoms with Gasteiger partial charge in [0, 0.05) is 43.3 Å². The molecule has 1 aromatic carbocycles. The smallest absolute Gasteiger partial charge is 0.227 e. The van der Waals surface area contributed by atoms with Gasteiger partial charge in [0.1, 0.15) is 0 Å². The van der Waals surface area contributed by atoms with Crippen LogP contribution >= 0.6 is 24.0 Å². The summed E-state index contributed by atoms with van der Waals surface area (Å²) < 4.78 is 0. The maximum atomic E-state index is 12.1. The Hall–Kier alpha value is -1.35. The van der Waals surface area contributed by atoms with E-state index >= 15 is 0 Å². The molecular formula is C23H40IN5O. The zero-order valence-electron chi connectivity index (χ0n) is 19.2. The van der Waals surface area contributed by atoms with Crippen molar-refractivity contribution in [1.82, 2.24) is 15.5 Å². The summed E-state index contributed by atoms with van der Waals surface area (Å²) in [7, 11) is 0. The summed E-state index contributed by atoms with van der Waals surface area (Å²) in [6, 6.07) is 9.04. The third-order valence-electron chi connectivity index (χ3n) is 5.62. The molecule has 0 radical (unpaired) electrons. The predicted molar refractivity (Wildman–Crippen MR) is 138 cm³/mol. The molecule has 1 aromatic rings. The van der Waals surface area contributed by atoms with Crippen molar-refractivity contribution < 1.29 is 4.79 Å². The monoisotopic (exact) mass is 529 g/mol. The van der Waals surface area contributed by atoms with Crippen LogP contribution in [-0.4, -0.2) is 48.5 Å². The highest BCUT2D eigenvalue weighted by Gasteiger charge is 2.21. The lowest BCUT2D eigenvalue weighted by atomic mass is 10.0. The molecule has 1 heterocycles. The quantitative estimate of drug-likeness (QED) is 0.268. The fourth-order valence-electron chi connectivity index (χ4n) is 3.44. The summed E-state index contributed by atoms with van der Waals surface area (Å²) in [4.78, 5) is 19.4. The van der Waals surface area contributed by atoms with Crippen molar-refractivity contribution in [3.05, 3.63) is 29.8 Å². The molecule has 170 valence electrons. The van der Waals surface area contributed by atoms with Crippen LogP contribution in [0.4, 0.5) is 5.69 Å². The number of hydrogen-bond donors (Lipinski definition) is 3. The summed E-state index contributed by atoms with van der Waals surface area (Å²) in [5.74, 6) is 0.948. The second kappa shape index (κ2) is 13.9. The van der Waals surface area contributed by atoms with E-state index in [2.05, 4.69) is 41.6 Å². The van der Waals surface area contributed by atoms with E-state index in [1.54, 1.807) is 0 Å². The molecule has 6 nitrogen and oxygen atoms in total. The van der Waals surface area contributed by atoms with Crippen LogP contribution in [0.5, 0.6) is 0 Å². The van der Waals surface area contributed by atoms with Gasteiger partial charge in [-0.1, -0.05) is 26.0 Å². The fraction of sp³-hybridized carbons (Fsp3) is 0.652. The molecule has 1 atom stereocenters. The van der Waals surface area contributed by atoms with E-state index in [1.807, 2.05) is 38.1 Å². The molecule has 1 saturated heterocycles. The number of rotatable bonds is 8. The number of carbonyl (C=O) groups excluding carboxylic acids is 1. The fourth-order valence-corrected chi connectivity index (χ4v) is 3.44. The molecule has 0 saturated carbocycles. The van der Waals surface area contributed by atoms with Crippen LogP contribution in [0.25, 0.3) is 0 Å². The molecule has 1 aliphatic heterocycles. The van der Waals surface area contributed by atoms with E-state index in [1.165, 1.54) is 0 Å². The first kappa shape index (κ1) is 26.7. The molecule has 0 aliphatic carbocycles. The highest BCUT2D eigenvalue weighted by Crippen LogP contribution is 2.15. The van der Waals surface area contributed by atoms with Crippen LogP contribution in [-0.2, 0) is 11.3 Å². The van der Waals surface area contributed by atoms with Gasteiger partial charge in [0.25, 0.3) is 0 Å². The Bertz CT molecular complexity index is 671. The lowest BCUT2D eigenvalue weighted by Gasteiger charge is -2.35. The molecule has 1 unspecified atom stereocenters. The van der Waals surface area contributed by atoms with Crippen molar-refractivity contribution in [2.75, 3.05) is 25.0 Å². The summed E-state index contributed by atoms with van der Waals surface area (Å²) >= 11 is 0. The van der Waals surface area contributed by atoms with Crippen molar-refractivity contribution >= 4 is 41.5 Å².